The Balaban J connectivity index is 0.000000931. The summed E-state index contributed by atoms with van der Waals surface area (Å²) >= 11 is 30.2. The number of hydrogen-bond donors (Lipinski definition) is 0. The molecule has 4 aromatic carbocycles. The zero-order valence-corrected chi connectivity index (χ0v) is 55.9. The van der Waals surface area contributed by atoms with Gasteiger partial charge in [-0.05, 0) is 116 Å². The fourth-order valence-electron chi connectivity index (χ4n) is 4.28. The smallest absolute Gasteiger partial charge is 0.222 e. The first-order chi connectivity index (χ1) is 35.0. The van der Waals surface area contributed by atoms with Gasteiger partial charge in [-0.1, -0.05) is 97.5 Å². The number of benzene rings is 4. The summed E-state index contributed by atoms with van der Waals surface area (Å²) in [6, 6.07) is 30.2. The Bertz CT molecular complexity index is 3050. The number of amides is 1. The third-order valence-electron chi connectivity index (χ3n) is 7.45. The molecule has 0 saturated heterocycles. The molecule has 0 aromatic heterocycles. The van der Waals surface area contributed by atoms with Crippen molar-refractivity contribution in [3.05, 3.63) is 142 Å². The topological polar surface area (TPSA) is 55.8 Å². The monoisotopic (exact) mass is 1360 g/mol. The molecule has 0 spiro atoms. The lowest BCUT2D eigenvalue weighted by Crippen LogP contribution is -2.20. The first-order valence-corrected chi connectivity index (χ1v) is 43.9. The van der Waals surface area contributed by atoms with Crippen molar-refractivity contribution < 1.29 is 19.1 Å². The van der Waals surface area contributed by atoms with Crippen molar-refractivity contribution in [2.24, 2.45) is 0 Å². The number of allylic oxidation sites excluding steroid dienone is 2. The lowest BCUT2D eigenvalue weighted by atomic mass is 10.1. The lowest BCUT2D eigenvalue weighted by Gasteiger charge is -2.07. The molecule has 0 atom stereocenters. The molecule has 0 fully saturated rings. The first-order valence-electron chi connectivity index (χ1n) is 20.5. The second-order valence-corrected chi connectivity index (χ2v) is 40.3. The van der Waals surface area contributed by atoms with Crippen LogP contribution in [0.1, 0.15) is 74.6 Å². The minimum Gasteiger partial charge on any atom is -0.494 e. The Hall–Kier alpha value is -1.02. The van der Waals surface area contributed by atoms with E-state index in [0.29, 0.717) is 30.9 Å². The van der Waals surface area contributed by atoms with Gasteiger partial charge in [0.05, 0.1) is 13.2 Å². The molecule has 0 bridgehead atoms. The first kappa shape index (κ1) is 71.0. The minimum atomic E-state index is -0.0629. The second kappa shape index (κ2) is 52.1. The van der Waals surface area contributed by atoms with Crippen LogP contribution in [0, 0.1) is 24.2 Å². The molecule has 1 amide bonds. The highest BCUT2D eigenvalue weighted by atomic mass is 35.5. The maximum Gasteiger partial charge on any atom is 0.222 e. The molecule has 0 aliphatic heterocycles. The molecule has 390 valence electrons. The largest absolute Gasteiger partial charge is 0.494 e. The molecule has 72 heavy (non-hydrogen) atoms. The molecule has 0 heterocycles. The number of Topliss-reactive ketones (excluding diaryl/α,β-unsaturated/α-hetero) is 1. The summed E-state index contributed by atoms with van der Waals surface area (Å²) in [6.45, 7) is 5.61. The van der Waals surface area contributed by atoms with Crippen LogP contribution < -0.4 is 9.47 Å². The summed E-state index contributed by atoms with van der Waals surface area (Å²) in [5.74, 6) is 9.94. The molecule has 0 N–H and O–H groups in total. The lowest BCUT2D eigenvalue weighted by molar-refractivity contribution is -0.128. The Morgan fingerprint density at radius 2 is 0.917 bits per heavy atom. The van der Waals surface area contributed by atoms with Crippen LogP contribution in [0.4, 0.5) is 0 Å². The fraction of sp³-hybridized carbons (Fsp3) is 0.261. The minimum absolute atomic E-state index is 0.0629. The normalized spacial score (nSPS) is 9.24. The molecule has 5 nitrogen and oxygen atoms in total. The van der Waals surface area contributed by atoms with Gasteiger partial charge in [-0.3, -0.25) is 9.59 Å². The van der Waals surface area contributed by atoms with Gasteiger partial charge in [0.25, 0.3) is 0 Å². The van der Waals surface area contributed by atoms with E-state index >= 15 is 0 Å². The van der Waals surface area contributed by atoms with Crippen LogP contribution in [0.25, 0.3) is 12.2 Å². The number of hydrogen-bond acceptors (Lipinski definition) is 8. The van der Waals surface area contributed by atoms with Gasteiger partial charge in [-0.25, -0.2) is 0 Å². The molecule has 4 aromatic rings. The SMILES string of the molecule is C#Cc1ccc(OCCC)cc1.CCCOc1ccc(C#CC(=O)CC/C=C/c2ccc(Cl)cc2)cc1.CN(C)C(=O)CC/C=C/c1ccc(Cl)cc1.S=S=S=S=S=S=S=S=S.S=S=S=S=S=S=S=S=S=S. The van der Waals surface area contributed by atoms with Crippen molar-refractivity contribution in [3.63, 3.8) is 0 Å². The van der Waals surface area contributed by atoms with Crippen LogP contribution in [-0.2, 0) is 188 Å². The van der Waals surface area contributed by atoms with Gasteiger partial charge in [-0.2, -0.15) is 0 Å². The average molecular weight is 1360 g/mol. The second-order valence-electron chi connectivity index (χ2n) is 12.9. The van der Waals surface area contributed by atoms with Gasteiger partial charge in [0.1, 0.15) is 11.5 Å². The highest BCUT2D eigenvalue weighted by Crippen LogP contribution is 2.14. The molecule has 26 heteroatoms. The number of carbonyl (C=O) groups is 2. The predicted molar refractivity (Wildman–Crippen MR) is 362 cm³/mol. The van der Waals surface area contributed by atoms with E-state index in [1.807, 2.05) is 121 Å². The molecular formula is C46H49Cl2NO4S19. The number of halogens is 2. The number of terminal acetylenes is 1. The van der Waals surface area contributed by atoms with Gasteiger partial charge in [0, 0.05) is 226 Å². The molecule has 0 aliphatic carbocycles. The van der Waals surface area contributed by atoms with E-state index in [1.165, 1.54) is 35.5 Å². The molecule has 0 aliphatic rings. The van der Waals surface area contributed by atoms with Gasteiger partial charge in [0.15, 0.2) is 0 Å². The third-order valence-corrected chi connectivity index (χ3v) is 36.8. The Labute approximate surface area is 498 Å². The number of nitrogens with zero attached hydrogens (tertiary/aromatic N) is 1. The molecule has 0 radical (unpaired) electrons. The van der Waals surface area contributed by atoms with E-state index in [-0.39, 0.29) is 11.7 Å². The van der Waals surface area contributed by atoms with Crippen molar-refractivity contribution in [2.45, 2.75) is 52.4 Å². The quantitative estimate of drug-likeness (QED) is 0.116. The van der Waals surface area contributed by atoms with E-state index in [1.54, 1.807) is 117 Å². The van der Waals surface area contributed by atoms with Gasteiger partial charge >= 0.3 is 0 Å². The maximum atomic E-state index is 11.8. The Morgan fingerprint density at radius 1 is 0.556 bits per heavy atom. The standard InChI is InChI=1S/C22H21ClO2.C13H16ClNO.C11H12O.S10.S9/c1-2-17-25-22-15-10-19(11-16-22)9-14-21(24)6-4-3-5-18-7-12-20(23)13-8-18;1-15(2)13(16)6-4-3-5-11-7-9-12(14)10-8-11;1-3-9-12-11-7-5-10(4-2)6-8-11;1-3-5-7-9-10-8-6-4-2;1-3-5-7-9-8-6-4-2/h3,5,7-8,10-13,15-16H,2,4,6,17H2,1H3;3,5,7-10H,4,6H2,1-2H3;2,5-8H,3,9H2,1H3;;/b2*5-3+;;;. The summed E-state index contributed by atoms with van der Waals surface area (Å²) in [5.41, 5.74) is 3.86. The van der Waals surface area contributed by atoms with Crippen molar-refractivity contribution in [1.82, 2.24) is 4.90 Å². The Morgan fingerprint density at radius 3 is 1.26 bits per heavy atom. The average Bonchev–Trinajstić information content (AvgIpc) is 3.40. The van der Waals surface area contributed by atoms with Crippen LogP contribution >= 0.6 is 23.2 Å². The van der Waals surface area contributed by atoms with E-state index in [0.717, 1.165) is 64.6 Å². The summed E-state index contributed by atoms with van der Waals surface area (Å²) in [6.07, 6.45) is 17.6. The van der Waals surface area contributed by atoms with Gasteiger partial charge in [-0.15, -0.1) is 6.42 Å². The van der Waals surface area contributed by atoms with Crippen LogP contribution in [-0.4, -0.2) is 43.9 Å². The highest BCUT2D eigenvalue weighted by Gasteiger charge is 2.01. The van der Waals surface area contributed by atoms with Crippen molar-refractivity contribution in [1.29, 1.82) is 0 Å². The van der Waals surface area contributed by atoms with E-state index in [9.17, 15) is 9.59 Å². The van der Waals surface area contributed by atoms with Crippen LogP contribution in [0.15, 0.2) is 109 Å². The number of rotatable bonds is 14. The van der Waals surface area contributed by atoms with E-state index in [2.05, 4.69) is 76.4 Å². The van der Waals surface area contributed by atoms with Crippen LogP contribution in [0.2, 0.25) is 10.0 Å². The molecule has 0 unspecified atom stereocenters. The van der Waals surface area contributed by atoms with Gasteiger partial charge < -0.3 is 14.4 Å². The summed E-state index contributed by atoms with van der Waals surface area (Å²) in [4.78, 5) is 24.7. The number of carbonyl (C=O) groups excluding carboxylic acids is 2. The maximum absolute atomic E-state index is 11.8. The molecule has 0 saturated carbocycles. The van der Waals surface area contributed by atoms with Crippen molar-refractivity contribution >= 4 is 225 Å². The van der Waals surface area contributed by atoms with E-state index < -0.39 is 0 Å². The number of ether oxygens (including phenoxy) is 2. The molecule has 4 rings (SSSR count). The third kappa shape index (κ3) is 44.1. The summed E-state index contributed by atoms with van der Waals surface area (Å²) < 4.78 is 10.9. The summed E-state index contributed by atoms with van der Waals surface area (Å²) in [7, 11) is 27.1. The van der Waals surface area contributed by atoms with Crippen LogP contribution in [0.3, 0.4) is 0 Å². The predicted octanol–water partition coefficient (Wildman–Crippen LogP) is 11.2. The van der Waals surface area contributed by atoms with Crippen molar-refractivity contribution in [2.75, 3.05) is 27.3 Å². The Kier molecular flexibility index (Phi) is 51.3. The molecular weight excluding hydrogens is 1310 g/mol. The fourth-order valence-corrected chi connectivity index (χ4v) is 34.7. The van der Waals surface area contributed by atoms with Crippen LogP contribution in [0.5, 0.6) is 11.5 Å². The zero-order chi connectivity index (χ0) is 53.3. The number of ketones is 1. The highest BCUT2D eigenvalue weighted by molar-refractivity contribution is 8.73. The van der Waals surface area contributed by atoms with Crippen molar-refractivity contribution in [3.8, 4) is 35.7 Å². The van der Waals surface area contributed by atoms with Gasteiger partial charge in [0.2, 0.25) is 11.7 Å². The zero-order valence-electron chi connectivity index (χ0n) is 38.9. The summed E-state index contributed by atoms with van der Waals surface area (Å²) in [5, 5.41) is 1.45. The van der Waals surface area contributed by atoms with E-state index in [4.69, 9.17) is 39.1 Å².